The Bertz CT molecular complexity index is 632. The monoisotopic (exact) mass is 379 g/mol. The van der Waals surface area contributed by atoms with E-state index in [0.717, 1.165) is 18.7 Å². The summed E-state index contributed by atoms with van der Waals surface area (Å²) in [6.45, 7) is 6.96. The topological polar surface area (TPSA) is 54.5 Å². The summed E-state index contributed by atoms with van der Waals surface area (Å²) < 4.78 is 43.1. The molecule has 140 valence electrons. The van der Waals surface area contributed by atoms with Crippen LogP contribution in [-0.2, 0) is 10.9 Å². The fourth-order valence-electron chi connectivity index (χ4n) is 2.46. The summed E-state index contributed by atoms with van der Waals surface area (Å²) in [4.78, 5) is 17.4. The maximum absolute atomic E-state index is 12.6. The molecule has 1 atom stereocenters. The molecule has 1 fully saturated rings. The summed E-state index contributed by atoms with van der Waals surface area (Å²) >= 11 is 5.86. The van der Waals surface area contributed by atoms with Gasteiger partial charge in [-0.3, -0.25) is 0 Å². The van der Waals surface area contributed by atoms with E-state index in [2.05, 4.69) is 10.3 Å². The third kappa shape index (κ3) is 5.66. The minimum atomic E-state index is -4.48. The minimum absolute atomic E-state index is 0.0863. The zero-order valence-corrected chi connectivity index (χ0v) is 15.0. The van der Waals surface area contributed by atoms with Crippen molar-refractivity contribution >= 4 is 23.5 Å². The van der Waals surface area contributed by atoms with E-state index in [-0.39, 0.29) is 22.9 Å². The van der Waals surface area contributed by atoms with Crippen LogP contribution < -0.4 is 5.32 Å². The number of ether oxygens (including phenoxy) is 1. The van der Waals surface area contributed by atoms with Gasteiger partial charge in [0.25, 0.3) is 0 Å². The van der Waals surface area contributed by atoms with Crippen molar-refractivity contribution in [2.75, 3.05) is 25.0 Å². The molecule has 2 heterocycles. The average Bonchev–Trinajstić information content (AvgIpc) is 2.92. The molecule has 0 aromatic carbocycles. The number of nitrogens with one attached hydrogen (secondary N) is 1. The lowest BCUT2D eigenvalue weighted by atomic mass is 10.1. The quantitative estimate of drug-likeness (QED) is 0.844. The minimum Gasteiger partial charge on any atom is -0.444 e. The second-order valence-electron chi connectivity index (χ2n) is 7.01. The molecule has 1 aliphatic heterocycles. The van der Waals surface area contributed by atoms with Gasteiger partial charge in [0.2, 0.25) is 0 Å². The van der Waals surface area contributed by atoms with Crippen molar-refractivity contribution in [2.24, 2.45) is 5.92 Å². The number of anilines is 1. The Hall–Kier alpha value is -1.70. The van der Waals surface area contributed by atoms with Crippen molar-refractivity contribution in [3.63, 3.8) is 0 Å². The van der Waals surface area contributed by atoms with Crippen LogP contribution in [0.3, 0.4) is 0 Å². The highest BCUT2D eigenvalue weighted by Crippen LogP contribution is 2.32. The number of rotatable bonds is 3. The number of nitrogens with zero attached hydrogens (tertiary/aromatic N) is 2. The number of carbonyl (C=O) groups is 1. The van der Waals surface area contributed by atoms with Gasteiger partial charge in [0.15, 0.2) is 0 Å². The number of halogens is 4. The Kier molecular flexibility index (Phi) is 5.71. The van der Waals surface area contributed by atoms with Gasteiger partial charge < -0.3 is 15.0 Å². The number of carbonyl (C=O) groups excluding carboxylic acids is 1. The number of likely N-dealkylation sites (tertiary alicyclic amines) is 1. The second-order valence-corrected chi connectivity index (χ2v) is 7.42. The zero-order chi connectivity index (χ0) is 18.8. The van der Waals surface area contributed by atoms with Gasteiger partial charge in [-0.15, -0.1) is 0 Å². The van der Waals surface area contributed by atoms with E-state index in [9.17, 15) is 18.0 Å². The SMILES string of the molecule is CC(C)(C)OC(=O)N1CCC(CNc2ncc(C(F)(F)F)cc2Cl)C1. The molecule has 9 heteroatoms. The molecule has 0 radical (unpaired) electrons. The highest BCUT2D eigenvalue weighted by Gasteiger charge is 2.32. The molecule has 1 aromatic rings. The molecule has 1 saturated heterocycles. The first-order chi connectivity index (χ1) is 11.5. The fraction of sp³-hybridized carbons (Fsp3) is 0.625. The first-order valence-electron chi connectivity index (χ1n) is 7.90. The lowest BCUT2D eigenvalue weighted by molar-refractivity contribution is -0.137. The molecule has 1 aliphatic rings. The van der Waals surface area contributed by atoms with Crippen molar-refractivity contribution in [3.8, 4) is 0 Å². The smallest absolute Gasteiger partial charge is 0.417 e. The van der Waals surface area contributed by atoms with Gasteiger partial charge in [0, 0.05) is 25.8 Å². The third-order valence-corrected chi connectivity index (χ3v) is 3.95. The number of aromatic nitrogens is 1. The summed E-state index contributed by atoms with van der Waals surface area (Å²) in [7, 11) is 0. The number of alkyl halides is 3. The molecule has 1 aromatic heterocycles. The van der Waals surface area contributed by atoms with Gasteiger partial charge in [-0.05, 0) is 39.2 Å². The predicted molar refractivity (Wildman–Crippen MR) is 88.7 cm³/mol. The molecule has 0 spiro atoms. The van der Waals surface area contributed by atoms with Crippen molar-refractivity contribution in [3.05, 3.63) is 22.8 Å². The molecule has 25 heavy (non-hydrogen) atoms. The Morgan fingerprint density at radius 3 is 2.68 bits per heavy atom. The van der Waals surface area contributed by atoms with Crippen LogP contribution in [0.15, 0.2) is 12.3 Å². The van der Waals surface area contributed by atoms with Gasteiger partial charge in [0.05, 0.1) is 10.6 Å². The summed E-state index contributed by atoms with van der Waals surface area (Å²) in [6.07, 6.45) is -3.32. The van der Waals surface area contributed by atoms with E-state index in [1.165, 1.54) is 0 Å². The number of hydrogen-bond acceptors (Lipinski definition) is 4. The van der Waals surface area contributed by atoms with E-state index in [1.54, 1.807) is 25.7 Å². The van der Waals surface area contributed by atoms with Crippen LogP contribution in [0, 0.1) is 5.92 Å². The number of hydrogen-bond donors (Lipinski definition) is 1. The Morgan fingerprint density at radius 1 is 1.44 bits per heavy atom. The predicted octanol–water partition coefficient (Wildman–Crippen LogP) is 4.42. The summed E-state index contributed by atoms with van der Waals surface area (Å²) in [5.74, 6) is 0.345. The van der Waals surface area contributed by atoms with E-state index < -0.39 is 17.3 Å². The zero-order valence-electron chi connectivity index (χ0n) is 14.3. The molecule has 0 aliphatic carbocycles. The van der Waals surface area contributed by atoms with Crippen LogP contribution in [0.1, 0.15) is 32.8 Å². The van der Waals surface area contributed by atoms with E-state index >= 15 is 0 Å². The largest absolute Gasteiger partial charge is 0.444 e. The van der Waals surface area contributed by atoms with Crippen LogP contribution in [0.25, 0.3) is 0 Å². The van der Waals surface area contributed by atoms with Gasteiger partial charge in [-0.2, -0.15) is 13.2 Å². The average molecular weight is 380 g/mol. The number of amides is 1. The van der Waals surface area contributed by atoms with Crippen molar-refractivity contribution in [1.82, 2.24) is 9.88 Å². The number of pyridine rings is 1. The van der Waals surface area contributed by atoms with Crippen LogP contribution >= 0.6 is 11.6 Å². The van der Waals surface area contributed by atoms with Crippen LogP contribution in [0.2, 0.25) is 5.02 Å². The lowest BCUT2D eigenvalue weighted by Gasteiger charge is -2.24. The normalized spacial score (nSPS) is 18.4. The highest BCUT2D eigenvalue weighted by molar-refractivity contribution is 6.32. The van der Waals surface area contributed by atoms with E-state index in [1.807, 2.05) is 0 Å². The summed E-state index contributed by atoms with van der Waals surface area (Å²) in [5.41, 5.74) is -1.44. The lowest BCUT2D eigenvalue weighted by Crippen LogP contribution is -2.35. The molecular weight excluding hydrogens is 359 g/mol. The molecule has 0 saturated carbocycles. The van der Waals surface area contributed by atoms with Crippen LogP contribution in [-0.4, -0.2) is 41.2 Å². The molecule has 2 rings (SSSR count). The Balaban J connectivity index is 1.88. The molecule has 1 amide bonds. The molecule has 1 unspecified atom stereocenters. The summed E-state index contributed by atoms with van der Waals surface area (Å²) in [6, 6.07) is 0.846. The van der Waals surface area contributed by atoms with E-state index in [4.69, 9.17) is 16.3 Å². The highest BCUT2D eigenvalue weighted by atomic mass is 35.5. The van der Waals surface area contributed by atoms with Crippen molar-refractivity contribution < 1.29 is 22.7 Å². The standard InChI is InChI=1S/C16H21ClF3N3O2/c1-15(2,3)25-14(24)23-5-4-10(9-23)7-21-13-12(17)6-11(8-22-13)16(18,19)20/h6,8,10H,4-5,7,9H2,1-3H3,(H,21,22). The van der Waals surface area contributed by atoms with E-state index in [0.29, 0.717) is 19.6 Å². The molecular formula is C16H21ClF3N3O2. The van der Waals surface area contributed by atoms with Crippen LogP contribution in [0.5, 0.6) is 0 Å². The Morgan fingerprint density at radius 2 is 2.12 bits per heavy atom. The molecule has 5 nitrogen and oxygen atoms in total. The third-order valence-electron chi connectivity index (χ3n) is 3.66. The van der Waals surface area contributed by atoms with Crippen molar-refractivity contribution in [1.29, 1.82) is 0 Å². The summed E-state index contributed by atoms with van der Waals surface area (Å²) in [5, 5.41) is 2.87. The molecule has 0 bridgehead atoms. The van der Waals surface area contributed by atoms with Gasteiger partial charge in [0.1, 0.15) is 11.4 Å². The second kappa shape index (κ2) is 7.27. The van der Waals surface area contributed by atoms with Crippen molar-refractivity contribution in [2.45, 2.75) is 39.0 Å². The van der Waals surface area contributed by atoms with Gasteiger partial charge in [-0.25, -0.2) is 9.78 Å². The first-order valence-corrected chi connectivity index (χ1v) is 8.28. The van der Waals surface area contributed by atoms with Gasteiger partial charge >= 0.3 is 12.3 Å². The first kappa shape index (κ1) is 19.6. The fourth-order valence-corrected chi connectivity index (χ4v) is 2.69. The van der Waals surface area contributed by atoms with Gasteiger partial charge in [-0.1, -0.05) is 11.6 Å². The maximum atomic E-state index is 12.6. The maximum Gasteiger partial charge on any atom is 0.417 e. The Labute approximate surface area is 149 Å². The molecule has 1 N–H and O–H groups in total. The van der Waals surface area contributed by atoms with Crippen LogP contribution in [0.4, 0.5) is 23.8 Å².